The molecule has 3 rings (SSSR count). The van der Waals surface area contributed by atoms with Crippen molar-refractivity contribution < 1.29 is 9.53 Å². The third-order valence-corrected chi connectivity index (χ3v) is 5.34. The number of aryl methyl sites for hydroxylation is 1. The number of esters is 1. The Morgan fingerprint density at radius 1 is 0.967 bits per heavy atom. The maximum absolute atomic E-state index is 12.4. The van der Waals surface area contributed by atoms with Crippen molar-refractivity contribution in [2.24, 2.45) is 0 Å². The van der Waals surface area contributed by atoms with Crippen LogP contribution in [-0.2, 0) is 11.2 Å². The fourth-order valence-corrected chi connectivity index (χ4v) is 3.44. The van der Waals surface area contributed by atoms with Gasteiger partial charge in [-0.3, -0.25) is 0 Å². The van der Waals surface area contributed by atoms with Crippen LogP contribution in [0, 0.1) is 11.8 Å². The normalized spacial score (nSPS) is 11.3. The minimum Gasteiger partial charge on any atom is -0.454 e. The van der Waals surface area contributed by atoms with Gasteiger partial charge in [0.25, 0.3) is 0 Å². The number of hydrogen-bond acceptors (Lipinski definition) is 2. The van der Waals surface area contributed by atoms with Crippen molar-refractivity contribution in [3.8, 4) is 11.8 Å². The third kappa shape index (κ3) is 6.34. The largest absolute Gasteiger partial charge is 0.454 e. The molecule has 0 heterocycles. The Kier molecular flexibility index (Phi) is 7.88. The highest BCUT2D eigenvalue weighted by Gasteiger charge is 2.13. The number of carbonyl (C=O) groups is 1. The van der Waals surface area contributed by atoms with Gasteiger partial charge in [0, 0.05) is 15.6 Å². The molecule has 0 aliphatic carbocycles. The van der Waals surface area contributed by atoms with Gasteiger partial charge in [-0.1, -0.05) is 65.4 Å². The molecule has 3 aromatic carbocycles. The molecule has 0 fully saturated rings. The van der Waals surface area contributed by atoms with Crippen LogP contribution in [0.25, 0.3) is 0 Å². The summed E-state index contributed by atoms with van der Waals surface area (Å²) < 4.78 is 6.55. The molecule has 0 saturated heterocycles. The van der Waals surface area contributed by atoms with Crippen LogP contribution in [0.3, 0.4) is 0 Å². The van der Waals surface area contributed by atoms with E-state index in [1.807, 2.05) is 43.3 Å². The molecular weight excluding hydrogens is 436 g/mol. The maximum Gasteiger partial charge on any atom is 0.338 e. The molecule has 0 aromatic heterocycles. The van der Waals surface area contributed by atoms with Crippen molar-refractivity contribution in [3.63, 3.8) is 0 Å². The van der Waals surface area contributed by atoms with Crippen molar-refractivity contribution in [1.82, 2.24) is 0 Å². The Morgan fingerprint density at radius 3 is 2.20 bits per heavy atom. The summed E-state index contributed by atoms with van der Waals surface area (Å²) in [4.78, 5) is 12.4. The first-order valence-corrected chi connectivity index (χ1v) is 11.0. The highest BCUT2D eigenvalue weighted by atomic mass is 79.9. The van der Waals surface area contributed by atoms with E-state index >= 15 is 0 Å². The molecule has 0 spiro atoms. The Balaban J connectivity index is 1.61. The SMILES string of the molecule is CCCCc1ccc(C#Cc2ccc(C(=O)OC(C)c3cccc(Br)c3)cc2)cc1. The monoisotopic (exact) mass is 460 g/mol. The molecule has 1 atom stereocenters. The Hall–Kier alpha value is -2.83. The summed E-state index contributed by atoms with van der Waals surface area (Å²) in [5, 5.41) is 0. The van der Waals surface area contributed by atoms with Crippen LogP contribution in [-0.4, -0.2) is 5.97 Å². The van der Waals surface area contributed by atoms with Crippen LogP contribution in [0.15, 0.2) is 77.3 Å². The van der Waals surface area contributed by atoms with Gasteiger partial charge in [-0.15, -0.1) is 0 Å². The summed E-state index contributed by atoms with van der Waals surface area (Å²) in [7, 11) is 0. The van der Waals surface area contributed by atoms with E-state index < -0.39 is 0 Å². The lowest BCUT2D eigenvalue weighted by molar-refractivity contribution is 0.0338. The molecule has 0 aliphatic rings. The zero-order chi connectivity index (χ0) is 21.3. The van der Waals surface area contributed by atoms with Gasteiger partial charge < -0.3 is 4.74 Å². The zero-order valence-corrected chi connectivity index (χ0v) is 18.9. The topological polar surface area (TPSA) is 26.3 Å². The van der Waals surface area contributed by atoms with Gasteiger partial charge in [-0.05, 0) is 79.4 Å². The van der Waals surface area contributed by atoms with E-state index in [2.05, 4.69) is 59.0 Å². The lowest BCUT2D eigenvalue weighted by atomic mass is 10.1. The fraction of sp³-hybridized carbons (Fsp3) is 0.222. The minimum atomic E-state index is -0.343. The van der Waals surface area contributed by atoms with Crippen molar-refractivity contribution >= 4 is 21.9 Å². The highest BCUT2D eigenvalue weighted by Crippen LogP contribution is 2.22. The van der Waals surface area contributed by atoms with Gasteiger partial charge in [0.05, 0.1) is 5.56 Å². The summed E-state index contributed by atoms with van der Waals surface area (Å²) in [6.45, 7) is 4.07. The molecule has 0 amide bonds. The standard InChI is InChI=1S/C27H25BrO2/c1-3-4-6-21-9-11-22(12-10-21)13-14-23-15-17-24(18-16-23)27(29)30-20(2)25-7-5-8-26(28)19-25/h5,7-12,15-20H,3-4,6H2,1-2H3. The molecule has 2 nitrogen and oxygen atoms in total. The third-order valence-electron chi connectivity index (χ3n) is 4.85. The van der Waals surface area contributed by atoms with Crippen LogP contribution >= 0.6 is 15.9 Å². The van der Waals surface area contributed by atoms with E-state index in [9.17, 15) is 4.79 Å². The van der Waals surface area contributed by atoms with Crippen LogP contribution in [0.4, 0.5) is 0 Å². The molecule has 0 saturated carbocycles. The quantitative estimate of drug-likeness (QED) is 0.289. The second-order valence-corrected chi connectivity index (χ2v) is 8.15. The molecule has 30 heavy (non-hydrogen) atoms. The summed E-state index contributed by atoms with van der Waals surface area (Å²) in [5.41, 5.74) is 4.66. The van der Waals surface area contributed by atoms with E-state index in [4.69, 9.17) is 4.74 Å². The zero-order valence-electron chi connectivity index (χ0n) is 17.3. The number of unbranched alkanes of at least 4 members (excludes halogenated alkanes) is 1. The van der Waals surface area contributed by atoms with Gasteiger partial charge in [-0.25, -0.2) is 4.79 Å². The smallest absolute Gasteiger partial charge is 0.338 e. The van der Waals surface area contributed by atoms with Gasteiger partial charge in [-0.2, -0.15) is 0 Å². The predicted octanol–water partition coefficient (Wildman–Crippen LogP) is 7.11. The second kappa shape index (κ2) is 10.8. The lowest BCUT2D eigenvalue weighted by Gasteiger charge is -2.14. The maximum atomic E-state index is 12.4. The van der Waals surface area contributed by atoms with Crippen LogP contribution < -0.4 is 0 Å². The summed E-state index contributed by atoms with van der Waals surface area (Å²) in [6.07, 6.45) is 3.20. The van der Waals surface area contributed by atoms with E-state index in [-0.39, 0.29) is 12.1 Å². The molecule has 0 aliphatic heterocycles. The number of carbonyl (C=O) groups excluding carboxylic acids is 1. The average Bonchev–Trinajstić information content (AvgIpc) is 2.77. The first-order chi connectivity index (χ1) is 14.5. The van der Waals surface area contributed by atoms with E-state index in [1.165, 1.54) is 18.4 Å². The summed E-state index contributed by atoms with van der Waals surface area (Å²) in [6, 6.07) is 23.4. The number of hydrogen-bond donors (Lipinski definition) is 0. The van der Waals surface area contributed by atoms with E-state index in [0.29, 0.717) is 5.56 Å². The molecule has 3 heteroatoms. The van der Waals surface area contributed by atoms with Gasteiger partial charge in [0.1, 0.15) is 6.10 Å². The van der Waals surface area contributed by atoms with Crippen molar-refractivity contribution in [1.29, 1.82) is 0 Å². The first-order valence-electron chi connectivity index (χ1n) is 10.2. The predicted molar refractivity (Wildman–Crippen MR) is 125 cm³/mol. The number of ether oxygens (including phenoxy) is 1. The lowest BCUT2D eigenvalue weighted by Crippen LogP contribution is -2.09. The average molecular weight is 461 g/mol. The van der Waals surface area contributed by atoms with E-state index in [0.717, 1.165) is 27.6 Å². The molecule has 152 valence electrons. The van der Waals surface area contributed by atoms with E-state index in [1.54, 1.807) is 12.1 Å². The van der Waals surface area contributed by atoms with Gasteiger partial charge in [0.15, 0.2) is 0 Å². The minimum absolute atomic E-state index is 0.324. The fourth-order valence-electron chi connectivity index (χ4n) is 3.03. The number of halogens is 1. The molecule has 0 bridgehead atoms. The molecule has 0 N–H and O–H groups in total. The van der Waals surface area contributed by atoms with Gasteiger partial charge in [0.2, 0.25) is 0 Å². The van der Waals surface area contributed by atoms with Crippen LogP contribution in [0.5, 0.6) is 0 Å². The number of benzene rings is 3. The van der Waals surface area contributed by atoms with Crippen LogP contribution in [0.2, 0.25) is 0 Å². The Bertz CT molecular complexity index is 1040. The second-order valence-electron chi connectivity index (χ2n) is 7.23. The Morgan fingerprint density at radius 2 is 1.60 bits per heavy atom. The molecule has 3 aromatic rings. The summed E-state index contributed by atoms with van der Waals surface area (Å²) >= 11 is 3.44. The first kappa shape index (κ1) is 21.9. The van der Waals surface area contributed by atoms with Crippen molar-refractivity contribution in [2.75, 3.05) is 0 Å². The molecular formula is C27H25BrO2. The number of rotatable bonds is 6. The summed E-state index contributed by atoms with van der Waals surface area (Å²) in [5.74, 6) is 5.99. The molecule has 0 radical (unpaired) electrons. The van der Waals surface area contributed by atoms with Crippen molar-refractivity contribution in [3.05, 3.63) is 105 Å². The van der Waals surface area contributed by atoms with Gasteiger partial charge >= 0.3 is 5.97 Å². The molecule has 1 unspecified atom stereocenters. The van der Waals surface area contributed by atoms with Crippen LogP contribution in [0.1, 0.15) is 65.4 Å². The Labute approximate surface area is 187 Å². The van der Waals surface area contributed by atoms with Crippen molar-refractivity contribution in [2.45, 2.75) is 39.2 Å². The highest BCUT2D eigenvalue weighted by molar-refractivity contribution is 9.10.